The molecule has 4 rings (SSSR count). The minimum atomic E-state index is -3.70. The number of thiazole rings is 1. The Bertz CT molecular complexity index is 1030. The molecule has 2 aromatic rings. The van der Waals surface area contributed by atoms with Crippen molar-refractivity contribution in [1.82, 2.24) is 9.29 Å². The summed E-state index contributed by atoms with van der Waals surface area (Å²) in [4.78, 5) is 17.7. The lowest BCUT2D eigenvalue weighted by molar-refractivity contribution is -0.122. The zero-order valence-electron chi connectivity index (χ0n) is 16.3. The molecule has 1 N–H and O–H groups in total. The first-order valence-electron chi connectivity index (χ1n) is 9.44. The fourth-order valence-electron chi connectivity index (χ4n) is 3.43. The van der Waals surface area contributed by atoms with Gasteiger partial charge in [0.1, 0.15) is 0 Å². The van der Waals surface area contributed by atoms with E-state index in [1.54, 1.807) is 6.07 Å². The van der Waals surface area contributed by atoms with Crippen molar-refractivity contribution in [3.8, 4) is 11.5 Å². The summed E-state index contributed by atoms with van der Waals surface area (Å²) < 4.78 is 38.1. The molecule has 1 aromatic carbocycles. The summed E-state index contributed by atoms with van der Waals surface area (Å²) in [6, 6.07) is 4.58. The molecule has 0 unspecified atom stereocenters. The second-order valence-electron chi connectivity index (χ2n) is 7.11. The maximum absolute atomic E-state index is 13.1. The van der Waals surface area contributed by atoms with Crippen molar-refractivity contribution in [3.05, 3.63) is 28.8 Å². The molecule has 10 heteroatoms. The smallest absolute Gasteiger partial charge is 0.243 e. The standard InChI is InChI=1S/C19H23N3O5S2/c1-26-15-7-6-13(10-16(15)27-2)29(24,25)22-9-8-14-17(11-22)28-19(20-14)21-18(23)12-4-3-5-12/h6-7,10,12H,3-5,8-9,11H2,1-2H3,(H,20,21,23). The highest BCUT2D eigenvalue weighted by atomic mass is 32.2. The number of amides is 1. The number of nitrogens with zero attached hydrogens (tertiary/aromatic N) is 2. The van der Waals surface area contributed by atoms with E-state index in [2.05, 4.69) is 10.3 Å². The quantitative estimate of drug-likeness (QED) is 0.746. The van der Waals surface area contributed by atoms with E-state index in [0.717, 1.165) is 29.8 Å². The number of rotatable bonds is 6. The molecule has 0 saturated heterocycles. The molecule has 0 spiro atoms. The number of methoxy groups -OCH3 is 2. The van der Waals surface area contributed by atoms with Crippen LogP contribution in [0.1, 0.15) is 29.8 Å². The van der Waals surface area contributed by atoms with Gasteiger partial charge in [-0.2, -0.15) is 4.31 Å². The lowest BCUT2D eigenvalue weighted by atomic mass is 9.85. The van der Waals surface area contributed by atoms with Crippen LogP contribution in [0.5, 0.6) is 11.5 Å². The van der Waals surface area contributed by atoms with E-state index in [4.69, 9.17) is 9.47 Å². The number of benzene rings is 1. The minimum Gasteiger partial charge on any atom is -0.493 e. The number of fused-ring (bicyclic) bond motifs is 1. The van der Waals surface area contributed by atoms with E-state index in [0.29, 0.717) is 29.6 Å². The number of hydrogen-bond donors (Lipinski definition) is 1. The van der Waals surface area contributed by atoms with Crippen molar-refractivity contribution in [2.75, 3.05) is 26.1 Å². The number of hydrogen-bond acceptors (Lipinski definition) is 7. The van der Waals surface area contributed by atoms with E-state index in [-0.39, 0.29) is 23.3 Å². The first-order valence-corrected chi connectivity index (χ1v) is 11.7. The molecule has 0 bridgehead atoms. The maximum Gasteiger partial charge on any atom is 0.243 e. The maximum atomic E-state index is 13.1. The lowest BCUT2D eigenvalue weighted by Gasteiger charge is -2.25. The van der Waals surface area contributed by atoms with Crippen LogP contribution in [0.4, 0.5) is 5.13 Å². The third-order valence-electron chi connectivity index (χ3n) is 5.40. The van der Waals surface area contributed by atoms with Crippen LogP contribution >= 0.6 is 11.3 Å². The Morgan fingerprint density at radius 2 is 2.00 bits per heavy atom. The van der Waals surface area contributed by atoms with Crippen LogP contribution in [-0.2, 0) is 27.8 Å². The van der Waals surface area contributed by atoms with Gasteiger partial charge in [-0.25, -0.2) is 13.4 Å². The Morgan fingerprint density at radius 3 is 2.66 bits per heavy atom. The zero-order valence-corrected chi connectivity index (χ0v) is 17.9. The Morgan fingerprint density at radius 1 is 1.24 bits per heavy atom. The van der Waals surface area contributed by atoms with Gasteiger partial charge in [-0.15, -0.1) is 11.3 Å². The topological polar surface area (TPSA) is 97.8 Å². The first-order chi connectivity index (χ1) is 13.9. The molecule has 29 heavy (non-hydrogen) atoms. The second kappa shape index (κ2) is 7.92. The van der Waals surface area contributed by atoms with Crippen LogP contribution in [0.3, 0.4) is 0 Å². The number of ether oxygens (including phenoxy) is 2. The predicted molar refractivity (Wildman–Crippen MR) is 109 cm³/mol. The van der Waals surface area contributed by atoms with Gasteiger partial charge in [-0.3, -0.25) is 4.79 Å². The number of anilines is 1. The molecule has 1 saturated carbocycles. The number of aromatic nitrogens is 1. The van der Waals surface area contributed by atoms with Gasteiger partial charge in [0.15, 0.2) is 16.6 Å². The molecule has 1 aromatic heterocycles. The molecule has 8 nitrogen and oxygen atoms in total. The van der Waals surface area contributed by atoms with Crippen LogP contribution in [-0.4, -0.2) is 44.4 Å². The van der Waals surface area contributed by atoms with Crippen molar-refractivity contribution in [2.45, 2.75) is 37.1 Å². The van der Waals surface area contributed by atoms with Crippen LogP contribution in [0.15, 0.2) is 23.1 Å². The molecule has 156 valence electrons. The van der Waals surface area contributed by atoms with Gasteiger partial charge in [0.2, 0.25) is 15.9 Å². The molecule has 0 atom stereocenters. The third-order valence-corrected chi connectivity index (χ3v) is 8.23. The van der Waals surface area contributed by atoms with E-state index in [1.807, 2.05) is 0 Å². The van der Waals surface area contributed by atoms with E-state index < -0.39 is 10.0 Å². The highest BCUT2D eigenvalue weighted by Crippen LogP contribution is 2.35. The van der Waals surface area contributed by atoms with E-state index >= 15 is 0 Å². The van der Waals surface area contributed by atoms with Gasteiger partial charge in [0, 0.05) is 29.8 Å². The van der Waals surface area contributed by atoms with Crippen molar-refractivity contribution in [3.63, 3.8) is 0 Å². The van der Waals surface area contributed by atoms with Crippen molar-refractivity contribution in [1.29, 1.82) is 0 Å². The second-order valence-corrected chi connectivity index (χ2v) is 10.1. The van der Waals surface area contributed by atoms with Gasteiger partial charge in [-0.1, -0.05) is 6.42 Å². The first kappa shape index (κ1) is 20.1. The average molecular weight is 438 g/mol. The van der Waals surface area contributed by atoms with Crippen LogP contribution in [0.2, 0.25) is 0 Å². The summed E-state index contributed by atoms with van der Waals surface area (Å²) in [6.45, 7) is 0.576. The van der Waals surface area contributed by atoms with Crippen molar-refractivity contribution < 1.29 is 22.7 Å². The Kier molecular flexibility index (Phi) is 5.50. The van der Waals surface area contributed by atoms with E-state index in [1.165, 1.54) is 42.0 Å². The highest BCUT2D eigenvalue weighted by Gasteiger charge is 2.32. The molecule has 1 aliphatic heterocycles. The summed E-state index contributed by atoms with van der Waals surface area (Å²) in [5.41, 5.74) is 0.859. The molecule has 1 aliphatic carbocycles. The zero-order chi connectivity index (χ0) is 20.6. The van der Waals surface area contributed by atoms with Gasteiger partial charge in [0.25, 0.3) is 0 Å². The molecule has 0 radical (unpaired) electrons. The molecule has 1 fully saturated rings. The largest absolute Gasteiger partial charge is 0.493 e. The molecular formula is C19H23N3O5S2. The Labute approximate surface area is 173 Å². The van der Waals surface area contributed by atoms with Crippen LogP contribution in [0, 0.1) is 5.92 Å². The van der Waals surface area contributed by atoms with Gasteiger partial charge >= 0.3 is 0 Å². The summed E-state index contributed by atoms with van der Waals surface area (Å²) in [7, 11) is -0.721. The number of carbonyl (C=O) groups is 1. The molecule has 1 amide bonds. The van der Waals surface area contributed by atoms with Crippen molar-refractivity contribution >= 4 is 32.4 Å². The Hall–Kier alpha value is -2.17. The summed E-state index contributed by atoms with van der Waals surface area (Å²) in [5, 5.41) is 3.44. The summed E-state index contributed by atoms with van der Waals surface area (Å²) in [5.74, 6) is 0.932. The number of carbonyl (C=O) groups excluding carboxylic acids is 1. The Balaban J connectivity index is 1.52. The van der Waals surface area contributed by atoms with Crippen LogP contribution in [0.25, 0.3) is 0 Å². The van der Waals surface area contributed by atoms with Gasteiger partial charge < -0.3 is 14.8 Å². The normalized spacial score (nSPS) is 17.3. The van der Waals surface area contributed by atoms with Crippen LogP contribution < -0.4 is 14.8 Å². The monoisotopic (exact) mass is 437 g/mol. The number of nitrogens with one attached hydrogen (secondary N) is 1. The van der Waals surface area contributed by atoms with Crippen molar-refractivity contribution in [2.24, 2.45) is 5.92 Å². The predicted octanol–water partition coefficient (Wildman–Crippen LogP) is 2.65. The third kappa shape index (κ3) is 3.84. The number of sulfonamides is 1. The average Bonchev–Trinajstić information content (AvgIpc) is 3.07. The summed E-state index contributed by atoms with van der Waals surface area (Å²) in [6.07, 6.45) is 3.45. The molecule has 2 aliphatic rings. The SMILES string of the molecule is COc1ccc(S(=O)(=O)N2CCc3nc(NC(=O)C4CCC4)sc3C2)cc1OC. The minimum absolute atomic E-state index is 0.0113. The fraction of sp³-hybridized carbons (Fsp3) is 0.474. The fourth-order valence-corrected chi connectivity index (χ4v) is 5.97. The lowest BCUT2D eigenvalue weighted by Crippen LogP contribution is -2.35. The molecular weight excluding hydrogens is 414 g/mol. The van der Waals surface area contributed by atoms with Gasteiger partial charge in [-0.05, 0) is 25.0 Å². The summed E-state index contributed by atoms with van der Waals surface area (Å²) >= 11 is 1.35. The van der Waals surface area contributed by atoms with Gasteiger partial charge in [0.05, 0.1) is 31.4 Å². The molecule has 2 heterocycles. The highest BCUT2D eigenvalue weighted by molar-refractivity contribution is 7.89. The van der Waals surface area contributed by atoms with E-state index in [9.17, 15) is 13.2 Å².